The average Bonchev–Trinajstić information content (AvgIpc) is 3.03. The van der Waals surface area contributed by atoms with Crippen molar-refractivity contribution < 1.29 is 9.21 Å². The number of anilines is 1. The monoisotopic (exact) mass is 400 g/mol. The zero-order valence-corrected chi connectivity index (χ0v) is 14.5. The van der Waals surface area contributed by atoms with Gasteiger partial charge in [-0.2, -0.15) is 0 Å². The SMILES string of the molecule is O=C(Nc1ccc(Br)cn1)c1cc2c(=O)oc3ccccc3c2s1. The molecule has 0 radical (unpaired) electrons. The summed E-state index contributed by atoms with van der Waals surface area (Å²) in [7, 11) is 0. The lowest BCUT2D eigenvalue weighted by atomic mass is 10.2. The molecule has 0 bridgehead atoms. The fourth-order valence-corrected chi connectivity index (χ4v) is 3.69. The third kappa shape index (κ3) is 2.61. The van der Waals surface area contributed by atoms with Crippen molar-refractivity contribution in [3.63, 3.8) is 0 Å². The molecule has 0 unspecified atom stereocenters. The van der Waals surface area contributed by atoms with Gasteiger partial charge in [-0.1, -0.05) is 12.1 Å². The zero-order chi connectivity index (χ0) is 16.7. The van der Waals surface area contributed by atoms with Gasteiger partial charge in [-0.15, -0.1) is 11.3 Å². The molecule has 1 aromatic carbocycles. The zero-order valence-electron chi connectivity index (χ0n) is 12.1. The lowest BCUT2D eigenvalue weighted by Crippen LogP contribution is -2.11. The van der Waals surface area contributed by atoms with Gasteiger partial charge in [0.25, 0.3) is 5.91 Å². The Kier molecular flexibility index (Phi) is 3.66. The Morgan fingerprint density at radius 2 is 2.00 bits per heavy atom. The third-order valence-electron chi connectivity index (χ3n) is 3.48. The summed E-state index contributed by atoms with van der Waals surface area (Å²) in [5.74, 6) is 0.132. The van der Waals surface area contributed by atoms with E-state index in [1.165, 1.54) is 11.3 Å². The van der Waals surface area contributed by atoms with Gasteiger partial charge in [-0.3, -0.25) is 4.79 Å². The van der Waals surface area contributed by atoms with Crippen molar-refractivity contribution in [1.82, 2.24) is 4.98 Å². The van der Waals surface area contributed by atoms with Crippen molar-refractivity contribution in [2.75, 3.05) is 5.32 Å². The van der Waals surface area contributed by atoms with Crippen LogP contribution in [0.1, 0.15) is 9.67 Å². The van der Waals surface area contributed by atoms with E-state index in [4.69, 9.17) is 4.42 Å². The van der Waals surface area contributed by atoms with E-state index in [2.05, 4.69) is 26.2 Å². The van der Waals surface area contributed by atoms with Crippen LogP contribution < -0.4 is 10.9 Å². The lowest BCUT2D eigenvalue weighted by molar-refractivity contribution is 0.103. The smallest absolute Gasteiger partial charge is 0.345 e. The molecule has 0 spiro atoms. The number of benzene rings is 1. The van der Waals surface area contributed by atoms with Gasteiger partial charge in [-0.25, -0.2) is 9.78 Å². The van der Waals surface area contributed by atoms with Crippen LogP contribution in [-0.4, -0.2) is 10.9 Å². The molecule has 3 heterocycles. The molecule has 0 saturated carbocycles. The Morgan fingerprint density at radius 3 is 2.79 bits per heavy atom. The van der Waals surface area contributed by atoms with Gasteiger partial charge in [0.15, 0.2) is 0 Å². The first-order valence-corrected chi connectivity index (χ1v) is 8.61. The molecule has 3 aromatic heterocycles. The second kappa shape index (κ2) is 5.85. The van der Waals surface area contributed by atoms with Crippen LogP contribution in [0.15, 0.2) is 62.3 Å². The summed E-state index contributed by atoms with van der Waals surface area (Å²) in [5, 5.41) is 3.95. The van der Waals surface area contributed by atoms with Crippen LogP contribution in [0.2, 0.25) is 0 Å². The minimum atomic E-state index is -0.444. The highest BCUT2D eigenvalue weighted by Gasteiger charge is 2.16. The van der Waals surface area contributed by atoms with Gasteiger partial charge in [0.2, 0.25) is 0 Å². The normalized spacial score (nSPS) is 11.0. The maximum Gasteiger partial charge on any atom is 0.345 e. The molecule has 1 N–H and O–H groups in total. The van der Waals surface area contributed by atoms with Crippen LogP contribution in [-0.2, 0) is 0 Å². The van der Waals surface area contributed by atoms with Gasteiger partial charge in [0.05, 0.1) is 15.0 Å². The van der Waals surface area contributed by atoms with Crippen LogP contribution in [0, 0.1) is 0 Å². The van der Waals surface area contributed by atoms with Crippen molar-refractivity contribution in [2.24, 2.45) is 0 Å². The van der Waals surface area contributed by atoms with Crippen LogP contribution >= 0.6 is 27.3 Å². The molecule has 0 aliphatic rings. The van der Waals surface area contributed by atoms with E-state index in [9.17, 15) is 9.59 Å². The van der Waals surface area contributed by atoms with E-state index in [0.717, 1.165) is 14.6 Å². The third-order valence-corrected chi connectivity index (χ3v) is 5.12. The molecule has 0 atom stereocenters. The van der Waals surface area contributed by atoms with E-state index in [1.54, 1.807) is 36.5 Å². The Bertz CT molecular complexity index is 1130. The number of rotatable bonds is 2. The van der Waals surface area contributed by atoms with E-state index < -0.39 is 5.63 Å². The maximum absolute atomic E-state index is 12.4. The van der Waals surface area contributed by atoms with Crippen LogP contribution in [0.25, 0.3) is 21.1 Å². The van der Waals surface area contributed by atoms with Gasteiger partial charge >= 0.3 is 5.63 Å². The Morgan fingerprint density at radius 1 is 1.17 bits per heavy atom. The summed E-state index contributed by atoms with van der Waals surface area (Å²) in [6, 6.07) is 12.3. The molecule has 4 aromatic rings. The number of nitrogens with one attached hydrogen (secondary N) is 1. The van der Waals surface area contributed by atoms with Crippen LogP contribution in [0.3, 0.4) is 0 Å². The Hall–Kier alpha value is -2.51. The molecule has 0 aliphatic heterocycles. The molecular formula is C17H9BrN2O3S. The van der Waals surface area contributed by atoms with E-state index in [-0.39, 0.29) is 5.91 Å². The Labute approximate surface area is 148 Å². The predicted octanol–water partition coefficient (Wildman–Crippen LogP) is 4.42. The lowest BCUT2D eigenvalue weighted by Gasteiger charge is -2.01. The fraction of sp³-hybridized carbons (Fsp3) is 0. The highest BCUT2D eigenvalue weighted by molar-refractivity contribution is 9.10. The first-order valence-electron chi connectivity index (χ1n) is 7.00. The topological polar surface area (TPSA) is 72.2 Å². The molecule has 5 nitrogen and oxygen atoms in total. The van der Waals surface area contributed by atoms with Gasteiger partial charge in [-0.05, 0) is 46.3 Å². The van der Waals surface area contributed by atoms with E-state index >= 15 is 0 Å². The molecule has 0 fully saturated rings. The first kappa shape index (κ1) is 15.0. The summed E-state index contributed by atoms with van der Waals surface area (Å²) < 4.78 is 6.87. The van der Waals surface area contributed by atoms with Crippen LogP contribution in [0.4, 0.5) is 5.82 Å². The standard InChI is InChI=1S/C17H9BrN2O3S/c18-9-5-6-14(19-8-9)20-16(21)13-7-11-15(24-13)10-3-1-2-4-12(10)23-17(11)22/h1-8H,(H,19,20,21). The van der Waals surface area contributed by atoms with Crippen molar-refractivity contribution in [3.8, 4) is 0 Å². The summed E-state index contributed by atoms with van der Waals surface area (Å²) in [6.45, 7) is 0. The van der Waals surface area contributed by atoms with Gasteiger partial charge < -0.3 is 9.73 Å². The number of amides is 1. The highest BCUT2D eigenvalue weighted by atomic mass is 79.9. The second-order valence-electron chi connectivity index (χ2n) is 5.05. The van der Waals surface area contributed by atoms with E-state index in [0.29, 0.717) is 21.7 Å². The molecule has 118 valence electrons. The number of carbonyl (C=O) groups excluding carboxylic acids is 1. The molecular weight excluding hydrogens is 392 g/mol. The summed E-state index contributed by atoms with van der Waals surface area (Å²) in [5.41, 5.74) is 0.0687. The first-order chi connectivity index (χ1) is 11.6. The predicted molar refractivity (Wildman–Crippen MR) is 97.8 cm³/mol. The van der Waals surface area contributed by atoms with Crippen molar-refractivity contribution >= 4 is 60.0 Å². The number of carbonyl (C=O) groups is 1. The average molecular weight is 401 g/mol. The fourth-order valence-electron chi connectivity index (χ4n) is 2.38. The number of hydrogen-bond acceptors (Lipinski definition) is 5. The summed E-state index contributed by atoms with van der Waals surface area (Å²) >= 11 is 4.55. The van der Waals surface area contributed by atoms with Gasteiger partial charge in [0, 0.05) is 16.1 Å². The molecule has 1 amide bonds. The van der Waals surface area contributed by atoms with Crippen LogP contribution in [0.5, 0.6) is 0 Å². The highest BCUT2D eigenvalue weighted by Crippen LogP contribution is 2.30. The molecule has 4 rings (SSSR count). The number of aromatic nitrogens is 1. The largest absolute Gasteiger partial charge is 0.422 e. The number of nitrogens with zero attached hydrogens (tertiary/aromatic N) is 1. The quantitative estimate of drug-likeness (QED) is 0.505. The number of para-hydroxylation sites is 1. The van der Waals surface area contributed by atoms with Crippen molar-refractivity contribution in [1.29, 1.82) is 0 Å². The molecule has 0 saturated heterocycles. The number of thiophene rings is 1. The molecule has 0 aliphatic carbocycles. The number of hydrogen-bond donors (Lipinski definition) is 1. The number of fused-ring (bicyclic) bond motifs is 3. The summed E-state index contributed by atoms with van der Waals surface area (Å²) in [6.07, 6.45) is 1.60. The minimum Gasteiger partial charge on any atom is -0.422 e. The molecule has 7 heteroatoms. The minimum absolute atomic E-state index is 0.311. The number of pyridine rings is 1. The second-order valence-corrected chi connectivity index (χ2v) is 7.02. The maximum atomic E-state index is 12.4. The van der Waals surface area contributed by atoms with Crippen molar-refractivity contribution in [3.05, 3.63) is 68.4 Å². The Balaban J connectivity index is 1.78. The molecule has 24 heavy (non-hydrogen) atoms. The van der Waals surface area contributed by atoms with Crippen molar-refractivity contribution in [2.45, 2.75) is 0 Å². The summed E-state index contributed by atoms with van der Waals surface area (Å²) in [4.78, 5) is 29.1. The number of halogens is 1. The van der Waals surface area contributed by atoms with E-state index in [1.807, 2.05) is 12.1 Å². The van der Waals surface area contributed by atoms with Gasteiger partial charge in [0.1, 0.15) is 11.4 Å².